The Hall–Kier alpha value is -2.40. The molecule has 1 heterocycles. The van der Waals surface area contributed by atoms with E-state index in [1.807, 2.05) is 13.8 Å². The zero-order valence-corrected chi connectivity index (χ0v) is 13.0. The highest BCUT2D eigenvalue weighted by Crippen LogP contribution is 2.18. The first kappa shape index (κ1) is 16.0. The second-order valence-electron chi connectivity index (χ2n) is 4.97. The molecule has 0 bridgehead atoms. The molecule has 0 saturated heterocycles. The van der Waals surface area contributed by atoms with E-state index in [1.54, 1.807) is 36.4 Å². The van der Waals surface area contributed by atoms with Gasteiger partial charge in [-0.15, -0.1) is 0 Å². The zero-order chi connectivity index (χ0) is 16.1. The van der Waals surface area contributed by atoms with Crippen LogP contribution in [0.25, 0.3) is 0 Å². The Morgan fingerprint density at radius 1 is 1.05 bits per heavy atom. The number of anilines is 1. The number of aromatic nitrogens is 1. The molecule has 0 spiro atoms. The lowest BCUT2D eigenvalue weighted by molar-refractivity contribution is 0.0944. The first-order valence-electron chi connectivity index (χ1n) is 6.81. The van der Waals surface area contributed by atoms with Crippen LogP contribution in [-0.4, -0.2) is 22.8 Å². The van der Waals surface area contributed by atoms with Crippen molar-refractivity contribution in [2.45, 2.75) is 19.9 Å². The van der Waals surface area contributed by atoms with Crippen molar-refractivity contribution >= 4 is 29.1 Å². The average Bonchev–Trinajstić information content (AvgIpc) is 2.47. The summed E-state index contributed by atoms with van der Waals surface area (Å²) in [4.78, 5) is 28.3. The maximum atomic E-state index is 12.3. The summed E-state index contributed by atoms with van der Waals surface area (Å²) in [5.41, 5.74) is 1.07. The molecule has 0 unspecified atom stereocenters. The van der Waals surface area contributed by atoms with Gasteiger partial charge in [-0.3, -0.25) is 9.59 Å². The Labute approximate surface area is 133 Å². The monoisotopic (exact) mass is 317 g/mol. The van der Waals surface area contributed by atoms with E-state index in [-0.39, 0.29) is 22.7 Å². The number of nitrogens with zero attached hydrogens (tertiary/aromatic N) is 1. The van der Waals surface area contributed by atoms with Crippen LogP contribution in [0.15, 0.2) is 42.6 Å². The lowest BCUT2D eigenvalue weighted by Crippen LogP contribution is -2.31. The van der Waals surface area contributed by atoms with Crippen LogP contribution in [0, 0.1) is 0 Å². The van der Waals surface area contributed by atoms with Crippen LogP contribution in [0.4, 0.5) is 5.69 Å². The van der Waals surface area contributed by atoms with Crippen molar-refractivity contribution in [1.29, 1.82) is 0 Å². The molecule has 0 aliphatic carbocycles. The lowest BCUT2D eigenvalue weighted by atomic mass is 10.1. The molecular formula is C16H16ClN3O2. The third kappa shape index (κ3) is 3.83. The Morgan fingerprint density at radius 3 is 2.41 bits per heavy atom. The molecule has 114 valence electrons. The SMILES string of the molecule is CC(C)NC(=O)c1ccccc1NC(=O)c1cccnc1Cl. The van der Waals surface area contributed by atoms with Crippen molar-refractivity contribution in [2.24, 2.45) is 0 Å². The van der Waals surface area contributed by atoms with Crippen molar-refractivity contribution in [1.82, 2.24) is 10.3 Å². The predicted octanol–water partition coefficient (Wildman–Crippen LogP) is 3.13. The fourth-order valence-corrected chi connectivity index (χ4v) is 2.08. The molecule has 1 aromatic heterocycles. The molecule has 22 heavy (non-hydrogen) atoms. The third-order valence-electron chi connectivity index (χ3n) is 2.84. The highest BCUT2D eigenvalue weighted by molar-refractivity contribution is 6.33. The summed E-state index contributed by atoms with van der Waals surface area (Å²) in [6, 6.07) is 9.99. The topological polar surface area (TPSA) is 71.1 Å². The fraction of sp³-hybridized carbons (Fsp3) is 0.188. The quantitative estimate of drug-likeness (QED) is 0.851. The van der Waals surface area contributed by atoms with Gasteiger partial charge >= 0.3 is 0 Å². The Morgan fingerprint density at radius 2 is 1.73 bits per heavy atom. The van der Waals surface area contributed by atoms with E-state index in [9.17, 15) is 9.59 Å². The maximum absolute atomic E-state index is 12.3. The summed E-state index contributed by atoms with van der Waals surface area (Å²) in [5.74, 6) is -0.661. The normalized spacial score (nSPS) is 10.4. The number of pyridine rings is 1. The van der Waals surface area contributed by atoms with Gasteiger partial charge in [-0.25, -0.2) is 4.98 Å². The van der Waals surface area contributed by atoms with Crippen molar-refractivity contribution < 1.29 is 9.59 Å². The minimum absolute atomic E-state index is 0.00373. The van der Waals surface area contributed by atoms with Crippen LogP contribution in [0.5, 0.6) is 0 Å². The average molecular weight is 318 g/mol. The highest BCUT2D eigenvalue weighted by Gasteiger charge is 2.16. The minimum atomic E-state index is -0.414. The van der Waals surface area contributed by atoms with Gasteiger partial charge in [-0.2, -0.15) is 0 Å². The van der Waals surface area contributed by atoms with E-state index in [4.69, 9.17) is 11.6 Å². The molecular weight excluding hydrogens is 302 g/mol. The molecule has 2 rings (SSSR count). The Bertz CT molecular complexity index is 701. The van der Waals surface area contributed by atoms with Crippen molar-refractivity contribution in [3.63, 3.8) is 0 Å². The van der Waals surface area contributed by atoms with Gasteiger partial charge in [0, 0.05) is 12.2 Å². The smallest absolute Gasteiger partial charge is 0.258 e. The molecule has 0 atom stereocenters. The van der Waals surface area contributed by atoms with E-state index in [0.717, 1.165) is 0 Å². The Balaban J connectivity index is 2.25. The first-order valence-corrected chi connectivity index (χ1v) is 7.18. The van der Waals surface area contributed by atoms with Gasteiger partial charge < -0.3 is 10.6 Å². The van der Waals surface area contributed by atoms with Crippen LogP contribution in [0.3, 0.4) is 0 Å². The molecule has 2 aromatic rings. The second-order valence-corrected chi connectivity index (χ2v) is 5.33. The van der Waals surface area contributed by atoms with E-state index in [0.29, 0.717) is 11.3 Å². The second kappa shape index (κ2) is 7.04. The number of benzene rings is 1. The molecule has 0 radical (unpaired) electrons. The van der Waals surface area contributed by atoms with Gasteiger partial charge in [-0.05, 0) is 38.1 Å². The fourth-order valence-electron chi connectivity index (χ4n) is 1.88. The zero-order valence-electron chi connectivity index (χ0n) is 12.3. The summed E-state index contributed by atoms with van der Waals surface area (Å²) in [5, 5.41) is 5.61. The highest BCUT2D eigenvalue weighted by atomic mass is 35.5. The molecule has 5 nitrogen and oxygen atoms in total. The van der Waals surface area contributed by atoms with E-state index in [2.05, 4.69) is 15.6 Å². The molecule has 1 aromatic carbocycles. The van der Waals surface area contributed by atoms with E-state index >= 15 is 0 Å². The summed E-state index contributed by atoms with van der Waals surface area (Å²) >= 11 is 5.91. The number of para-hydroxylation sites is 1. The molecule has 0 aliphatic heterocycles. The maximum Gasteiger partial charge on any atom is 0.258 e. The van der Waals surface area contributed by atoms with E-state index < -0.39 is 5.91 Å². The Kier molecular flexibility index (Phi) is 5.12. The largest absolute Gasteiger partial charge is 0.350 e. The number of hydrogen-bond acceptors (Lipinski definition) is 3. The summed E-state index contributed by atoms with van der Waals surface area (Å²) in [6.07, 6.45) is 1.50. The molecule has 6 heteroatoms. The molecule has 0 fully saturated rings. The third-order valence-corrected chi connectivity index (χ3v) is 3.14. The van der Waals surface area contributed by atoms with Crippen molar-refractivity contribution in [3.05, 3.63) is 58.9 Å². The summed E-state index contributed by atoms with van der Waals surface area (Å²) in [6.45, 7) is 3.74. The standard InChI is InChI=1S/C16H16ClN3O2/c1-10(2)19-15(21)11-6-3-4-8-13(11)20-16(22)12-7-5-9-18-14(12)17/h3-10H,1-2H3,(H,19,21)(H,20,22). The first-order chi connectivity index (χ1) is 10.5. The van der Waals surface area contributed by atoms with E-state index in [1.165, 1.54) is 6.20 Å². The van der Waals surface area contributed by atoms with Gasteiger partial charge in [0.15, 0.2) is 0 Å². The van der Waals surface area contributed by atoms with Crippen LogP contribution in [0.2, 0.25) is 5.15 Å². The van der Waals surface area contributed by atoms with Crippen LogP contribution in [-0.2, 0) is 0 Å². The molecule has 0 saturated carbocycles. The molecule has 0 aliphatic rings. The number of nitrogens with one attached hydrogen (secondary N) is 2. The lowest BCUT2D eigenvalue weighted by Gasteiger charge is -2.13. The van der Waals surface area contributed by atoms with Crippen LogP contribution in [0.1, 0.15) is 34.6 Å². The summed E-state index contributed by atoms with van der Waals surface area (Å²) < 4.78 is 0. The van der Waals surface area contributed by atoms with Crippen molar-refractivity contribution in [3.8, 4) is 0 Å². The van der Waals surface area contributed by atoms with Gasteiger partial charge in [0.2, 0.25) is 0 Å². The van der Waals surface area contributed by atoms with Gasteiger partial charge in [0.25, 0.3) is 11.8 Å². The molecule has 2 N–H and O–H groups in total. The number of amides is 2. The van der Waals surface area contributed by atoms with Crippen molar-refractivity contribution in [2.75, 3.05) is 5.32 Å². The molecule has 2 amide bonds. The number of rotatable bonds is 4. The number of carbonyl (C=O) groups is 2. The van der Waals surface area contributed by atoms with Crippen LogP contribution >= 0.6 is 11.6 Å². The van der Waals surface area contributed by atoms with Gasteiger partial charge in [0.05, 0.1) is 16.8 Å². The number of hydrogen-bond donors (Lipinski definition) is 2. The van der Waals surface area contributed by atoms with Gasteiger partial charge in [0.1, 0.15) is 5.15 Å². The van der Waals surface area contributed by atoms with Crippen LogP contribution < -0.4 is 10.6 Å². The van der Waals surface area contributed by atoms with Gasteiger partial charge in [-0.1, -0.05) is 23.7 Å². The number of carbonyl (C=O) groups excluding carboxylic acids is 2. The predicted molar refractivity (Wildman–Crippen MR) is 86.2 cm³/mol. The minimum Gasteiger partial charge on any atom is -0.350 e. The summed E-state index contributed by atoms with van der Waals surface area (Å²) in [7, 11) is 0. The number of halogens is 1.